The van der Waals surface area contributed by atoms with Gasteiger partial charge in [0.1, 0.15) is 17.6 Å². The highest BCUT2D eigenvalue weighted by molar-refractivity contribution is 9.10. The van der Waals surface area contributed by atoms with Crippen molar-refractivity contribution in [2.45, 2.75) is 0 Å². The van der Waals surface area contributed by atoms with Crippen molar-refractivity contribution in [3.63, 3.8) is 0 Å². The van der Waals surface area contributed by atoms with Crippen molar-refractivity contribution in [3.05, 3.63) is 87.6 Å². The van der Waals surface area contributed by atoms with E-state index in [2.05, 4.69) is 26.5 Å². The molecule has 0 radical (unpaired) electrons. The van der Waals surface area contributed by atoms with Gasteiger partial charge in [-0.15, -0.1) is 0 Å². The zero-order valence-electron chi connectivity index (χ0n) is 17.7. The van der Waals surface area contributed by atoms with Crippen LogP contribution in [0.25, 0.3) is 0 Å². The monoisotopic (exact) mass is 525 g/mol. The van der Waals surface area contributed by atoms with Crippen molar-refractivity contribution >= 4 is 34.0 Å². The molecule has 0 aliphatic rings. The predicted octanol–water partition coefficient (Wildman–Crippen LogP) is 4.22. The number of methoxy groups -OCH3 is 1. The summed E-state index contributed by atoms with van der Waals surface area (Å²) in [6.07, 6.45) is 1.36. The highest BCUT2D eigenvalue weighted by atomic mass is 79.9. The summed E-state index contributed by atoms with van der Waals surface area (Å²) in [5.74, 6) is -1.18. The van der Waals surface area contributed by atoms with Crippen LogP contribution in [0.4, 0.5) is 4.39 Å². The molecule has 172 valence electrons. The lowest BCUT2D eigenvalue weighted by molar-refractivity contribution is -0.123. The van der Waals surface area contributed by atoms with E-state index in [-0.39, 0.29) is 35.0 Å². The first-order valence-corrected chi connectivity index (χ1v) is 10.5. The summed E-state index contributed by atoms with van der Waals surface area (Å²) in [6.45, 7) is -0.341. The number of nitrogens with zero attached hydrogens (tertiary/aromatic N) is 2. The van der Waals surface area contributed by atoms with E-state index in [1.807, 2.05) is 6.07 Å². The largest absolute Gasteiger partial charge is 0.493 e. The summed E-state index contributed by atoms with van der Waals surface area (Å²) in [4.78, 5) is 24.2. The second-order valence-electron chi connectivity index (χ2n) is 6.64. The van der Waals surface area contributed by atoms with Gasteiger partial charge in [-0.05, 0) is 60.2 Å². The van der Waals surface area contributed by atoms with E-state index in [0.29, 0.717) is 5.56 Å². The molecular weight excluding hydrogens is 509 g/mol. The van der Waals surface area contributed by atoms with Gasteiger partial charge < -0.3 is 14.2 Å². The maximum absolute atomic E-state index is 13.3. The van der Waals surface area contributed by atoms with Crippen LogP contribution in [0.2, 0.25) is 0 Å². The van der Waals surface area contributed by atoms with Crippen LogP contribution in [0.15, 0.2) is 70.2 Å². The molecule has 3 aromatic rings. The lowest BCUT2D eigenvalue weighted by Gasteiger charge is -2.10. The van der Waals surface area contributed by atoms with E-state index < -0.39 is 17.7 Å². The highest BCUT2D eigenvalue weighted by Crippen LogP contribution is 2.28. The molecule has 0 aliphatic carbocycles. The van der Waals surface area contributed by atoms with Crippen LogP contribution in [0.1, 0.15) is 21.5 Å². The second-order valence-corrected chi connectivity index (χ2v) is 7.56. The zero-order chi connectivity index (χ0) is 24.5. The summed E-state index contributed by atoms with van der Waals surface area (Å²) in [6, 6.07) is 16.6. The smallest absolute Gasteiger partial charge is 0.343 e. The fourth-order valence-electron chi connectivity index (χ4n) is 2.69. The lowest BCUT2D eigenvalue weighted by Crippen LogP contribution is -2.24. The Labute approximate surface area is 202 Å². The van der Waals surface area contributed by atoms with Gasteiger partial charge in [-0.25, -0.2) is 14.6 Å². The van der Waals surface area contributed by atoms with Crippen LogP contribution in [0, 0.1) is 17.1 Å². The molecule has 0 aliphatic heterocycles. The molecule has 3 rings (SSSR count). The quantitative estimate of drug-likeness (QED) is 0.204. The summed E-state index contributed by atoms with van der Waals surface area (Å²) < 4.78 is 29.9. The number of carbonyl (C=O) groups excluding carboxylic acids is 2. The molecule has 34 heavy (non-hydrogen) atoms. The van der Waals surface area contributed by atoms with Crippen LogP contribution in [0.5, 0.6) is 17.2 Å². The van der Waals surface area contributed by atoms with Crippen molar-refractivity contribution in [1.29, 1.82) is 5.26 Å². The molecule has 1 N–H and O–H groups in total. The first kappa shape index (κ1) is 24.4. The van der Waals surface area contributed by atoms with Gasteiger partial charge in [-0.3, -0.25) is 4.79 Å². The summed E-state index contributed by atoms with van der Waals surface area (Å²) in [5, 5.41) is 13.0. The van der Waals surface area contributed by atoms with E-state index in [1.54, 1.807) is 30.3 Å². The molecule has 0 spiro atoms. The fraction of sp³-hybridized carbons (Fsp3) is 0.0833. The average Bonchev–Trinajstić information content (AvgIpc) is 2.83. The fourth-order valence-corrected chi connectivity index (χ4v) is 3.05. The molecule has 0 aromatic heterocycles. The van der Waals surface area contributed by atoms with Gasteiger partial charge in [0.15, 0.2) is 18.1 Å². The number of benzene rings is 3. The van der Waals surface area contributed by atoms with Crippen LogP contribution < -0.4 is 19.6 Å². The van der Waals surface area contributed by atoms with Gasteiger partial charge in [0.05, 0.1) is 24.5 Å². The topological polar surface area (TPSA) is 110 Å². The minimum atomic E-state index is -0.739. The number of hydrazone groups is 1. The number of nitriles is 1. The Morgan fingerprint density at radius 1 is 1.12 bits per heavy atom. The number of amides is 1. The molecule has 0 saturated heterocycles. The van der Waals surface area contributed by atoms with E-state index in [0.717, 1.165) is 10.5 Å². The van der Waals surface area contributed by atoms with Crippen LogP contribution in [0.3, 0.4) is 0 Å². The molecule has 8 nitrogen and oxygen atoms in total. The van der Waals surface area contributed by atoms with Crippen LogP contribution in [-0.2, 0) is 4.79 Å². The summed E-state index contributed by atoms with van der Waals surface area (Å²) >= 11 is 3.26. The minimum Gasteiger partial charge on any atom is -0.493 e. The molecule has 0 saturated carbocycles. The second kappa shape index (κ2) is 11.6. The predicted molar refractivity (Wildman–Crippen MR) is 124 cm³/mol. The highest BCUT2D eigenvalue weighted by Gasteiger charge is 2.13. The molecule has 0 fully saturated rings. The molecule has 0 atom stereocenters. The Kier molecular flexibility index (Phi) is 8.32. The maximum Gasteiger partial charge on any atom is 0.343 e. The maximum atomic E-state index is 13.3. The summed E-state index contributed by atoms with van der Waals surface area (Å²) in [7, 11) is 1.40. The van der Waals surface area contributed by atoms with Crippen LogP contribution in [-0.4, -0.2) is 31.8 Å². The first-order valence-electron chi connectivity index (χ1n) is 9.69. The molecule has 10 heteroatoms. The Balaban J connectivity index is 1.58. The van der Waals surface area contributed by atoms with Gasteiger partial charge in [-0.1, -0.05) is 22.0 Å². The number of hydrogen-bond donors (Lipinski definition) is 1. The molecule has 0 bridgehead atoms. The van der Waals surface area contributed by atoms with Crippen molar-refractivity contribution in [2.75, 3.05) is 13.7 Å². The average molecular weight is 526 g/mol. The molecule has 0 heterocycles. The summed E-state index contributed by atoms with van der Waals surface area (Å²) in [5.41, 5.74) is 3.20. The van der Waals surface area contributed by atoms with Gasteiger partial charge in [0.25, 0.3) is 5.91 Å². The van der Waals surface area contributed by atoms with E-state index >= 15 is 0 Å². The van der Waals surface area contributed by atoms with E-state index in [4.69, 9.17) is 19.5 Å². The van der Waals surface area contributed by atoms with Crippen LogP contribution >= 0.6 is 15.9 Å². The van der Waals surface area contributed by atoms with Gasteiger partial charge >= 0.3 is 5.97 Å². The normalized spacial score (nSPS) is 10.4. The standard InChI is InChI=1S/C24H17BrFN3O5/c1-32-22-9-15(5-7-21(22)34-24(31)16-3-2-4-19(26)11-16)13-28-29-23(30)14-33-20-8-6-18(25)10-17(20)12-27/h2-11,13H,14H2,1H3,(H,29,30)/b28-13-. The number of hydrogen-bond acceptors (Lipinski definition) is 7. The third-order valence-electron chi connectivity index (χ3n) is 4.27. The number of carbonyl (C=O) groups is 2. The third-order valence-corrected chi connectivity index (χ3v) is 4.77. The Morgan fingerprint density at radius 2 is 1.91 bits per heavy atom. The Hall–Kier alpha value is -4.23. The van der Waals surface area contributed by atoms with Crippen molar-refractivity contribution in [3.8, 4) is 23.3 Å². The number of ether oxygens (including phenoxy) is 3. The first-order chi connectivity index (χ1) is 16.4. The molecule has 3 aromatic carbocycles. The van der Waals surface area contributed by atoms with Crippen molar-refractivity contribution in [2.24, 2.45) is 5.10 Å². The third kappa shape index (κ3) is 6.63. The van der Waals surface area contributed by atoms with E-state index in [1.165, 1.54) is 37.6 Å². The van der Waals surface area contributed by atoms with E-state index in [9.17, 15) is 14.0 Å². The number of esters is 1. The van der Waals surface area contributed by atoms with Crippen molar-refractivity contribution in [1.82, 2.24) is 5.43 Å². The van der Waals surface area contributed by atoms with Gasteiger partial charge in [-0.2, -0.15) is 10.4 Å². The SMILES string of the molecule is COc1cc(/C=N\NC(=O)COc2ccc(Br)cc2C#N)ccc1OC(=O)c1cccc(F)c1. The number of halogens is 2. The minimum absolute atomic E-state index is 0.0580. The molecule has 1 amide bonds. The number of rotatable bonds is 8. The Bertz CT molecular complexity index is 1290. The molecule has 0 unspecified atom stereocenters. The molecular formula is C24H17BrFN3O5. The van der Waals surface area contributed by atoms with Gasteiger partial charge in [0, 0.05) is 4.47 Å². The Morgan fingerprint density at radius 3 is 2.65 bits per heavy atom. The van der Waals surface area contributed by atoms with Crippen molar-refractivity contribution < 1.29 is 28.2 Å². The van der Waals surface area contributed by atoms with Gasteiger partial charge in [0.2, 0.25) is 0 Å². The number of nitrogens with one attached hydrogen (secondary N) is 1. The lowest BCUT2D eigenvalue weighted by atomic mass is 10.2. The zero-order valence-corrected chi connectivity index (χ0v) is 19.3.